The molecule has 27 heavy (non-hydrogen) atoms. The normalized spacial score (nSPS) is 11.5. The molecule has 0 aliphatic heterocycles. The van der Waals surface area contributed by atoms with Crippen molar-refractivity contribution in [2.75, 3.05) is 6.54 Å². The molecule has 0 aliphatic rings. The fourth-order valence-electron chi connectivity index (χ4n) is 3.28. The SMILES string of the molecule is CCCn1c(CN(CC(C)C)C(=O)c2ccc(C)s2)nc2ccc(Cl)cc21. The molecule has 0 spiro atoms. The quantitative estimate of drug-likeness (QED) is 0.502. The summed E-state index contributed by atoms with van der Waals surface area (Å²) in [7, 11) is 0. The molecule has 1 amide bonds. The second kappa shape index (κ2) is 8.44. The van der Waals surface area contributed by atoms with Gasteiger partial charge in [0.2, 0.25) is 0 Å². The zero-order valence-corrected chi connectivity index (χ0v) is 17.9. The van der Waals surface area contributed by atoms with Gasteiger partial charge in [-0.2, -0.15) is 0 Å². The van der Waals surface area contributed by atoms with Gasteiger partial charge in [-0.15, -0.1) is 11.3 Å². The molecule has 2 aromatic heterocycles. The van der Waals surface area contributed by atoms with Crippen LogP contribution in [0.15, 0.2) is 30.3 Å². The minimum absolute atomic E-state index is 0.0786. The minimum atomic E-state index is 0.0786. The third kappa shape index (κ3) is 4.53. The van der Waals surface area contributed by atoms with E-state index in [1.165, 1.54) is 0 Å². The van der Waals surface area contributed by atoms with E-state index in [0.717, 1.165) is 39.6 Å². The Morgan fingerprint density at radius 1 is 1.30 bits per heavy atom. The number of fused-ring (bicyclic) bond motifs is 1. The van der Waals surface area contributed by atoms with Crippen molar-refractivity contribution >= 4 is 39.9 Å². The second-order valence-electron chi connectivity index (χ2n) is 7.30. The average Bonchev–Trinajstić information content (AvgIpc) is 3.18. The molecule has 0 bridgehead atoms. The van der Waals surface area contributed by atoms with Gasteiger partial charge in [0.15, 0.2) is 0 Å². The Morgan fingerprint density at radius 2 is 2.07 bits per heavy atom. The molecule has 0 atom stereocenters. The third-order valence-electron chi connectivity index (χ3n) is 4.39. The highest BCUT2D eigenvalue weighted by atomic mass is 35.5. The van der Waals surface area contributed by atoms with E-state index in [9.17, 15) is 4.79 Å². The fraction of sp³-hybridized carbons (Fsp3) is 0.429. The molecule has 4 nitrogen and oxygen atoms in total. The highest BCUT2D eigenvalue weighted by molar-refractivity contribution is 7.13. The van der Waals surface area contributed by atoms with Gasteiger partial charge in [0.05, 0.1) is 22.5 Å². The Hall–Kier alpha value is -1.85. The largest absolute Gasteiger partial charge is 0.330 e. The number of carbonyl (C=O) groups is 1. The predicted molar refractivity (Wildman–Crippen MR) is 114 cm³/mol. The number of rotatable bonds is 7. The zero-order valence-electron chi connectivity index (χ0n) is 16.3. The lowest BCUT2D eigenvalue weighted by Gasteiger charge is -2.24. The molecule has 0 unspecified atom stereocenters. The molecule has 3 aromatic rings. The molecule has 1 aromatic carbocycles. The van der Waals surface area contributed by atoms with E-state index in [1.807, 2.05) is 42.2 Å². The third-order valence-corrected chi connectivity index (χ3v) is 5.62. The monoisotopic (exact) mass is 403 g/mol. The Labute approximate surface area is 169 Å². The first kappa shape index (κ1) is 19.9. The Bertz CT molecular complexity index is 944. The average molecular weight is 404 g/mol. The van der Waals surface area contributed by atoms with Crippen molar-refractivity contribution in [3.05, 3.63) is 50.9 Å². The summed E-state index contributed by atoms with van der Waals surface area (Å²) in [4.78, 5) is 21.8. The number of amides is 1. The minimum Gasteiger partial charge on any atom is -0.330 e. The highest BCUT2D eigenvalue weighted by Gasteiger charge is 2.22. The van der Waals surface area contributed by atoms with Crippen LogP contribution in [0.1, 0.15) is 47.6 Å². The maximum Gasteiger partial charge on any atom is 0.264 e. The second-order valence-corrected chi connectivity index (χ2v) is 9.03. The molecule has 0 aliphatic carbocycles. The van der Waals surface area contributed by atoms with Crippen LogP contribution in [0.4, 0.5) is 0 Å². The summed E-state index contributed by atoms with van der Waals surface area (Å²) < 4.78 is 2.20. The highest BCUT2D eigenvalue weighted by Crippen LogP contribution is 2.24. The first-order valence-corrected chi connectivity index (χ1v) is 10.6. The van der Waals surface area contributed by atoms with Crippen LogP contribution < -0.4 is 0 Å². The number of carbonyl (C=O) groups excluding carboxylic acids is 1. The summed E-state index contributed by atoms with van der Waals surface area (Å²) in [5.74, 6) is 1.37. The smallest absolute Gasteiger partial charge is 0.264 e. The van der Waals surface area contributed by atoms with Gasteiger partial charge in [-0.05, 0) is 49.6 Å². The maximum absolute atomic E-state index is 13.1. The Morgan fingerprint density at radius 3 is 2.70 bits per heavy atom. The van der Waals surface area contributed by atoms with Gasteiger partial charge < -0.3 is 9.47 Å². The summed E-state index contributed by atoms with van der Waals surface area (Å²) in [6.45, 7) is 10.5. The van der Waals surface area contributed by atoms with Gasteiger partial charge in [0.25, 0.3) is 5.91 Å². The first-order chi connectivity index (χ1) is 12.9. The van der Waals surface area contributed by atoms with Gasteiger partial charge in [-0.3, -0.25) is 4.79 Å². The number of aryl methyl sites for hydroxylation is 2. The van der Waals surface area contributed by atoms with Gasteiger partial charge in [-0.25, -0.2) is 4.98 Å². The lowest BCUT2D eigenvalue weighted by atomic mass is 10.2. The van der Waals surface area contributed by atoms with E-state index in [0.29, 0.717) is 24.0 Å². The van der Waals surface area contributed by atoms with E-state index in [4.69, 9.17) is 16.6 Å². The molecule has 0 radical (unpaired) electrons. The summed E-state index contributed by atoms with van der Waals surface area (Å²) in [5, 5.41) is 0.704. The lowest BCUT2D eigenvalue weighted by Crippen LogP contribution is -2.34. The number of hydrogen-bond donors (Lipinski definition) is 0. The van der Waals surface area contributed by atoms with Crippen molar-refractivity contribution in [1.29, 1.82) is 0 Å². The van der Waals surface area contributed by atoms with Crippen LogP contribution in [-0.4, -0.2) is 26.9 Å². The molecule has 0 saturated carbocycles. The van der Waals surface area contributed by atoms with E-state index in [2.05, 4.69) is 25.3 Å². The van der Waals surface area contributed by atoms with Crippen LogP contribution in [-0.2, 0) is 13.1 Å². The maximum atomic E-state index is 13.1. The van der Waals surface area contributed by atoms with Crippen molar-refractivity contribution in [2.24, 2.45) is 5.92 Å². The molecule has 6 heteroatoms. The summed E-state index contributed by atoms with van der Waals surface area (Å²) in [6, 6.07) is 9.69. The topological polar surface area (TPSA) is 38.1 Å². The van der Waals surface area contributed by atoms with Crippen LogP contribution in [0.5, 0.6) is 0 Å². The van der Waals surface area contributed by atoms with Crippen LogP contribution in [0.3, 0.4) is 0 Å². The van der Waals surface area contributed by atoms with Crippen molar-refractivity contribution in [1.82, 2.24) is 14.5 Å². The molecule has 2 heterocycles. The van der Waals surface area contributed by atoms with E-state index >= 15 is 0 Å². The van der Waals surface area contributed by atoms with Crippen molar-refractivity contribution in [2.45, 2.75) is 47.2 Å². The van der Waals surface area contributed by atoms with E-state index in [1.54, 1.807) is 11.3 Å². The number of aromatic nitrogens is 2. The molecule has 0 fully saturated rings. The number of nitrogens with zero attached hydrogens (tertiary/aromatic N) is 3. The summed E-state index contributed by atoms with van der Waals surface area (Å²) in [5.41, 5.74) is 1.95. The number of halogens is 1. The van der Waals surface area contributed by atoms with Crippen molar-refractivity contribution in [3.8, 4) is 0 Å². The molecular formula is C21H26ClN3OS. The van der Waals surface area contributed by atoms with Crippen LogP contribution in [0.2, 0.25) is 5.02 Å². The van der Waals surface area contributed by atoms with Gasteiger partial charge in [-0.1, -0.05) is 32.4 Å². The molecular weight excluding hydrogens is 378 g/mol. The van der Waals surface area contributed by atoms with Crippen LogP contribution >= 0.6 is 22.9 Å². The summed E-state index contributed by atoms with van der Waals surface area (Å²) >= 11 is 7.75. The Kier molecular flexibility index (Phi) is 6.22. The van der Waals surface area contributed by atoms with Crippen LogP contribution in [0, 0.1) is 12.8 Å². The predicted octanol–water partition coefficient (Wildman–Crippen LogP) is 5.77. The van der Waals surface area contributed by atoms with E-state index in [-0.39, 0.29) is 5.91 Å². The first-order valence-electron chi connectivity index (χ1n) is 9.39. The molecule has 0 N–H and O–H groups in total. The van der Waals surface area contributed by atoms with Gasteiger partial charge in [0, 0.05) is 23.0 Å². The Balaban J connectivity index is 1.97. The van der Waals surface area contributed by atoms with Crippen molar-refractivity contribution < 1.29 is 4.79 Å². The molecule has 144 valence electrons. The standard InChI is InChI=1S/C21H26ClN3OS/c1-5-10-25-18-11-16(22)7-8-17(18)23-20(25)13-24(12-14(2)3)21(26)19-9-6-15(4)27-19/h6-9,11,14H,5,10,12-13H2,1-4H3. The van der Waals surface area contributed by atoms with Gasteiger partial charge in [0.1, 0.15) is 5.82 Å². The van der Waals surface area contributed by atoms with Gasteiger partial charge >= 0.3 is 0 Å². The number of thiophene rings is 1. The number of hydrogen-bond acceptors (Lipinski definition) is 3. The fourth-order valence-corrected chi connectivity index (χ4v) is 4.28. The number of benzene rings is 1. The summed E-state index contributed by atoms with van der Waals surface area (Å²) in [6.07, 6.45) is 0.993. The molecule has 0 saturated heterocycles. The van der Waals surface area contributed by atoms with Crippen LogP contribution in [0.25, 0.3) is 11.0 Å². The van der Waals surface area contributed by atoms with Crippen molar-refractivity contribution in [3.63, 3.8) is 0 Å². The number of imidazole rings is 1. The van der Waals surface area contributed by atoms with E-state index < -0.39 is 0 Å². The zero-order chi connectivity index (χ0) is 19.6. The lowest BCUT2D eigenvalue weighted by molar-refractivity contribution is 0.0721. The molecule has 3 rings (SSSR count).